The minimum atomic E-state index is -0.539. The summed E-state index contributed by atoms with van der Waals surface area (Å²) in [5, 5.41) is 9.59. The average Bonchev–Trinajstić information content (AvgIpc) is 3.12. The van der Waals surface area contributed by atoms with Crippen molar-refractivity contribution in [3.05, 3.63) is 48.6 Å². The van der Waals surface area contributed by atoms with Crippen LogP contribution in [0.15, 0.2) is 48.6 Å². The molecule has 1 atom stereocenters. The zero-order valence-corrected chi connectivity index (χ0v) is 33.4. The zero-order valence-electron chi connectivity index (χ0n) is 33.4. The van der Waals surface area contributed by atoms with Gasteiger partial charge in [-0.25, -0.2) is 0 Å². The van der Waals surface area contributed by atoms with E-state index in [1.165, 1.54) is 161 Å². The monoisotopic (exact) mass is 701 g/mol. The summed E-state index contributed by atoms with van der Waals surface area (Å²) >= 11 is 0. The Hall–Kier alpha value is -1.65. The predicted octanol–water partition coefficient (Wildman–Crippen LogP) is 14.3. The van der Waals surface area contributed by atoms with Crippen LogP contribution in [0.1, 0.15) is 213 Å². The maximum absolute atomic E-state index is 12.2. The Balaban J connectivity index is 3.44. The van der Waals surface area contributed by atoms with Gasteiger partial charge < -0.3 is 14.6 Å². The molecule has 0 heterocycles. The third kappa shape index (κ3) is 40.8. The second kappa shape index (κ2) is 43.5. The number of allylic oxidation sites excluding steroid dienone is 8. The molecule has 0 fully saturated rings. The largest absolute Gasteiger partial charge is 0.457 e. The highest BCUT2D eigenvalue weighted by atomic mass is 16.6. The van der Waals surface area contributed by atoms with Crippen molar-refractivity contribution in [2.75, 3.05) is 19.8 Å². The molecule has 50 heavy (non-hydrogen) atoms. The number of aliphatic hydroxyl groups excluding tert-OH is 1. The standard InChI is InChI=1S/C46H84O4/c1-3-5-7-9-11-13-15-17-18-19-20-21-22-23-24-25-26-27-28-29-31-33-35-37-39-41-46(48)50-45(43-47)44-49-42-40-38-36-34-32-30-16-14-12-10-8-6-4-2/h12,14-15,17,19-20,22-23,45,47H,3-11,13,16,18,21,24-44H2,1-2H3/b14-12-,17-15-,20-19-,23-22-. The zero-order chi connectivity index (χ0) is 36.3. The van der Waals surface area contributed by atoms with Crippen LogP contribution in [0.2, 0.25) is 0 Å². The van der Waals surface area contributed by atoms with Crippen molar-refractivity contribution in [2.45, 2.75) is 219 Å². The fourth-order valence-corrected chi connectivity index (χ4v) is 6.09. The van der Waals surface area contributed by atoms with Crippen LogP contribution in [0.5, 0.6) is 0 Å². The Labute approximate surface area is 312 Å². The van der Waals surface area contributed by atoms with Crippen molar-refractivity contribution in [1.29, 1.82) is 0 Å². The first-order chi connectivity index (χ1) is 24.7. The van der Waals surface area contributed by atoms with Gasteiger partial charge in [-0.3, -0.25) is 4.79 Å². The number of hydrogen-bond acceptors (Lipinski definition) is 4. The molecule has 0 aromatic carbocycles. The van der Waals surface area contributed by atoms with Crippen LogP contribution in [0.25, 0.3) is 0 Å². The molecule has 0 bridgehead atoms. The number of aliphatic hydroxyl groups is 1. The van der Waals surface area contributed by atoms with E-state index in [1.54, 1.807) is 0 Å². The van der Waals surface area contributed by atoms with Crippen LogP contribution in [0.4, 0.5) is 0 Å². The number of carbonyl (C=O) groups is 1. The van der Waals surface area contributed by atoms with Crippen LogP contribution >= 0.6 is 0 Å². The molecule has 1 unspecified atom stereocenters. The van der Waals surface area contributed by atoms with Gasteiger partial charge in [0.25, 0.3) is 0 Å². The second-order valence-electron chi connectivity index (χ2n) is 14.4. The number of hydrogen-bond donors (Lipinski definition) is 1. The normalized spacial score (nSPS) is 12.8. The van der Waals surface area contributed by atoms with Crippen molar-refractivity contribution < 1.29 is 19.4 Å². The summed E-state index contributed by atoms with van der Waals surface area (Å²) < 4.78 is 11.1. The first-order valence-corrected chi connectivity index (χ1v) is 21.7. The molecule has 0 spiro atoms. The maximum atomic E-state index is 12.2. The lowest BCUT2D eigenvalue weighted by atomic mass is 10.0. The fourth-order valence-electron chi connectivity index (χ4n) is 6.09. The van der Waals surface area contributed by atoms with Crippen molar-refractivity contribution in [2.24, 2.45) is 0 Å². The maximum Gasteiger partial charge on any atom is 0.306 e. The van der Waals surface area contributed by atoms with Gasteiger partial charge in [0.05, 0.1) is 13.2 Å². The van der Waals surface area contributed by atoms with E-state index in [2.05, 4.69) is 62.5 Å². The molecule has 0 aliphatic carbocycles. The van der Waals surface area contributed by atoms with Crippen LogP contribution in [-0.4, -0.2) is 37.0 Å². The molecule has 0 aromatic heterocycles. The molecule has 0 rings (SSSR count). The van der Waals surface area contributed by atoms with Gasteiger partial charge in [0, 0.05) is 13.0 Å². The highest BCUT2D eigenvalue weighted by Crippen LogP contribution is 2.13. The van der Waals surface area contributed by atoms with Gasteiger partial charge in [-0.1, -0.05) is 178 Å². The second-order valence-corrected chi connectivity index (χ2v) is 14.4. The molecule has 0 saturated heterocycles. The summed E-state index contributed by atoms with van der Waals surface area (Å²) in [6.07, 6.45) is 56.0. The Bertz CT molecular complexity index is 783. The van der Waals surface area contributed by atoms with Gasteiger partial charge in [-0.05, 0) is 77.0 Å². The predicted molar refractivity (Wildman–Crippen MR) is 219 cm³/mol. The van der Waals surface area contributed by atoms with Gasteiger partial charge in [-0.15, -0.1) is 0 Å². The SMILES string of the molecule is CCCCC/C=C\CCCCCCCCOCC(CO)OC(=O)CCCCCCCCCCCC/C=C\C/C=C\C/C=C\CCCCCCC. The van der Waals surface area contributed by atoms with E-state index in [1.807, 2.05) is 0 Å². The molecule has 0 aliphatic heterocycles. The summed E-state index contributed by atoms with van der Waals surface area (Å²) in [5.41, 5.74) is 0. The summed E-state index contributed by atoms with van der Waals surface area (Å²) in [6.45, 7) is 5.31. The summed E-state index contributed by atoms with van der Waals surface area (Å²) in [5.74, 6) is -0.207. The van der Waals surface area contributed by atoms with E-state index in [0.29, 0.717) is 19.6 Å². The Morgan fingerprint density at radius 1 is 0.480 bits per heavy atom. The number of rotatable bonds is 40. The van der Waals surface area contributed by atoms with E-state index in [4.69, 9.17) is 9.47 Å². The fraction of sp³-hybridized carbons (Fsp3) is 0.804. The van der Waals surface area contributed by atoms with E-state index in [9.17, 15) is 9.90 Å². The number of ether oxygens (including phenoxy) is 2. The number of unbranched alkanes of at least 4 members (excludes halogenated alkanes) is 24. The van der Waals surface area contributed by atoms with Crippen molar-refractivity contribution in [1.82, 2.24) is 0 Å². The minimum Gasteiger partial charge on any atom is -0.457 e. The molecule has 0 radical (unpaired) electrons. The average molecular weight is 701 g/mol. The summed E-state index contributed by atoms with van der Waals surface area (Å²) in [7, 11) is 0. The van der Waals surface area contributed by atoms with Crippen molar-refractivity contribution in [3.63, 3.8) is 0 Å². The first kappa shape index (κ1) is 48.3. The summed E-state index contributed by atoms with van der Waals surface area (Å²) in [4.78, 5) is 12.2. The van der Waals surface area contributed by atoms with Crippen LogP contribution in [-0.2, 0) is 14.3 Å². The first-order valence-electron chi connectivity index (χ1n) is 21.7. The van der Waals surface area contributed by atoms with E-state index < -0.39 is 6.10 Å². The molecule has 0 saturated carbocycles. The molecular formula is C46H84O4. The molecule has 292 valence electrons. The minimum absolute atomic E-state index is 0.176. The van der Waals surface area contributed by atoms with Crippen LogP contribution in [0, 0.1) is 0 Å². The molecule has 4 nitrogen and oxygen atoms in total. The summed E-state index contributed by atoms with van der Waals surface area (Å²) in [6, 6.07) is 0. The van der Waals surface area contributed by atoms with Gasteiger partial charge in [0.2, 0.25) is 0 Å². The van der Waals surface area contributed by atoms with E-state index in [0.717, 1.165) is 32.1 Å². The van der Waals surface area contributed by atoms with Crippen LogP contribution < -0.4 is 0 Å². The molecular weight excluding hydrogens is 617 g/mol. The Morgan fingerprint density at radius 2 is 0.840 bits per heavy atom. The molecule has 0 amide bonds. The van der Waals surface area contributed by atoms with Gasteiger partial charge in [-0.2, -0.15) is 0 Å². The lowest BCUT2D eigenvalue weighted by molar-refractivity contribution is -0.154. The Kier molecular flexibility index (Phi) is 42.1. The smallest absolute Gasteiger partial charge is 0.306 e. The van der Waals surface area contributed by atoms with E-state index in [-0.39, 0.29) is 12.6 Å². The lowest BCUT2D eigenvalue weighted by Gasteiger charge is -2.15. The quantitative estimate of drug-likeness (QED) is 0.0393. The molecule has 1 N–H and O–H groups in total. The topological polar surface area (TPSA) is 55.8 Å². The van der Waals surface area contributed by atoms with Crippen LogP contribution in [0.3, 0.4) is 0 Å². The van der Waals surface area contributed by atoms with Crippen molar-refractivity contribution in [3.8, 4) is 0 Å². The number of esters is 1. The van der Waals surface area contributed by atoms with Gasteiger partial charge >= 0.3 is 5.97 Å². The highest BCUT2D eigenvalue weighted by molar-refractivity contribution is 5.69. The molecule has 4 heteroatoms. The third-order valence-corrected chi connectivity index (χ3v) is 9.38. The highest BCUT2D eigenvalue weighted by Gasteiger charge is 2.13. The molecule has 0 aliphatic rings. The van der Waals surface area contributed by atoms with E-state index >= 15 is 0 Å². The lowest BCUT2D eigenvalue weighted by Crippen LogP contribution is -2.27. The Morgan fingerprint density at radius 3 is 1.32 bits per heavy atom. The third-order valence-electron chi connectivity index (χ3n) is 9.38. The van der Waals surface area contributed by atoms with Gasteiger partial charge in [0.1, 0.15) is 6.10 Å². The number of carbonyl (C=O) groups excluding carboxylic acids is 1. The van der Waals surface area contributed by atoms with Gasteiger partial charge in [0.15, 0.2) is 0 Å². The van der Waals surface area contributed by atoms with Crippen molar-refractivity contribution >= 4 is 5.97 Å². The molecule has 0 aromatic rings.